The van der Waals surface area contributed by atoms with Crippen molar-refractivity contribution in [3.8, 4) is 22.6 Å². The van der Waals surface area contributed by atoms with E-state index < -0.39 is 15.5 Å². The highest BCUT2D eigenvalue weighted by molar-refractivity contribution is 9.10. The van der Waals surface area contributed by atoms with Gasteiger partial charge in [0, 0.05) is 27.5 Å². The Morgan fingerprint density at radius 2 is 1.97 bits per heavy atom. The molecule has 2 N–H and O–H groups in total. The average molecular weight is 524 g/mol. The number of hydrogen-bond acceptors (Lipinski definition) is 4. The minimum absolute atomic E-state index is 0.0367. The van der Waals surface area contributed by atoms with Crippen LogP contribution < -0.4 is 4.72 Å². The lowest BCUT2D eigenvalue weighted by atomic mass is 10.1. The molecule has 12 heteroatoms. The molecule has 30 heavy (non-hydrogen) atoms. The van der Waals surface area contributed by atoms with Crippen molar-refractivity contribution in [2.45, 2.75) is 25.3 Å². The van der Waals surface area contributed by atoms with Crippen molar-refractivity contribution in [1.82, 2.24) is 15.0 Å². The van der Waals surface area contributed by atoms with Crippen molar-refractivity contribution < 1.29 is 21.6 Å². The molecular formula is C18H15BrClF3N4O2S. The Labute approximate surface area is 184 Å². The third-order valence-electron chi connectivity index (χ3n) is 4.07. The van der Waals surface area contributed by atoms with Crippen molar-refractivity contribution in [1.29, 1.82) is 0 Å². The summed E-state index contributed by atoms with van der Waals surface area (Å²) in [5.74, 6) is 0.568. The molecule has 6 nitrogen and oxygen atoms in total. The lowest BCUT2D eigenvalue weighted by molar-refractivity contribution is -0.0429. The van der Waals surface area contributed by atoms with E-state index in [4.69, 9.17) is 11.6 Å². The standard InChI is InChI=1S/C18H15BrClF3N4O2S/c1-2-3-11-6-10(4-5-24-11)17-25-9-16(26-17)12-7-13(19)15(8-14(12)20)27-30(28,29)18(21,22)23/h4-9,27H,2-3H2,1H3,(H,25,26). The monoisotopic (exact) mass is 522 g/mol. The highest BCUT2D eigenvalue weighted by Gasteiger charge is 2.46. The Kier molecular flexibility index (Phi) is 6.44. The van der Waals surface area contributed by atoms with Gasteiger partial charge in [-0.15, -0.1) is 0 Å². The number of pyridine rings is 1. The Balaban J connectivity index is 1.93. The van der Waals surface area contributed by atoms with Gasteiger partial charge in [0.15, 0.2) is 0 Å². The molecule has 0 bridgehead atoms. The number of benzene rings is 1. The molecule has 0 spiro atoms. The Morgan fingerprint density at radius 3 is 2.63 bits per heavy atom. The first kappa shape index (κ1) is 22.6. The number of nitrogens with zero attached hydrogens (tertiary/aromatic N) is 2. The smallest absolute Gasteiger partial charge is 0.338 e. The summed E-state index contributed by atoms with van der Waals surface area (Å²) in [5, 5.41) is 0.0367. The summed E-state index contributed by atoms with van der Waals surface area (Å²) in [6, 6.07) is 6.21. The van der Waals surface area contributed by atoms with Gasteiger partial charge in [-0.25, -0.2) is 4.98 Å². The molecule has 0 saturated heterocycles. The van der Waals surface area contributed by atoms with E-state index in [0.717, 1.165) is 30.2 Å². The molecular weight excluding hydrogens is 509 g/mol. The maximum atomic E-state index is 12.6. The van der Waals surface area contributed by atoms with Crippen LogP contribution in [0.15, 0.2) is 41.1 Å². The second-order valence-electron chi connectivity index (χ2n) is 6.29. The number of anilines is 1. The predicted octanol–water partition coefficient (Wildman–Crippen LogP) is 5.77. The van der Waals surface area contributed by atoms with Crippen LogP contribution in [0.1, 0.15) is 19.0 Å². The van der Waals surface area contributed by atoms with E-state index >= 15 is 0 Å². The zero-order chi connectivity index (χ0) is 22.1. The summed E-state index contributed by atoms with van der Waals surface area (Å²) >= 11 is 9.29. The van der Waals surface area contributed by atoms with Gasteiger partial charge in [-0.05, 0) is 46.6 Å². The van der Waals surface area contributed by atoms with Gasteiger partial charge in [0.2, 0.25) is 0 Å². The third-order valence-corrected chi connectivity index (χ3v) is 6.13. The van der Waals surface area contributed by atoms with Crippen LogP contribution in [-0.4, -0.2) is 28.9 Å². The SMILES string of the molecule is CCCc1cc(-c2ncc(-c3cc(Br)c(NS(=O)(=O)C(F)(F)F)cc3Cl)[nH]2)ccn1. The molecule has 0 atom stereocenters. The van der Waals surface area contributed by atoms with Crippen molar-refractivity contribution in [2.24, 2.45) is 0 Å². The number of aromatic nitrogens is 3. The quantitative estimate of drug-likeness (QED) is 0.429. The molecule has 0 fully saturated rings. The van der Waals surface area contributed by atoms with E-state index in [1.807, 2.05) is 6.07 Å². The Bertz CT molecular complexity index is 1180. The first-order valence-corrected chi connectivity index (χ1v) is 11.3. The maximum absolute atomic E-state index is 12.6. The Hall–Kier alpha value is -2.11. The van der Waals surface area contributed by atoms with Crippen LogP contribution in [0.5, 0.6) is 0 Å². The number of aromatic amines is 1. The fraction of sp³-hybridized carbons (Fsp3) is 0.222. The molecule has 1 aromatic carbocycles. The normalized spacial score (nSPS) is 12.2. The second-order valence-corrected chi connectivity index (χ2v) is 9.23. The fourth-order valence-corrected chi connectivity index (χ4v) is 4.07. The van der Waals surface area contributed by atoms with Gasteiger partial charge in [0.05, 0.1) is 22.6 Å². The van der Waals surface area contributed by atoms with E-state index in [-0.39, 0.29) is 15.2 Å². The number of halogens is 5. The van der Waals surface area contributed by atoms with E-state index in [9.17, 15) is 21.6 Å². The van der Waals surface area contributed by atoms with Crippen LogP contribution in [0, 0.1) is 0 Å². The van der Waals surface area contributed by atoms with Crippen molar-refractivity contribution in [3.05, 3.63) is 51.8 Å². The zero-order valence-electron chi connectivity index (χ0n) is 15.4. The van der Waals surface area contributed by atoms with Crippen LogP contribution in [0.4, 0.5) is 18.9 Å². The molecule has 2 aromatic heterocycles. The van der Waals surface area contributed by atoms with Gasteiger partial charge in [-0.3, -0.25) is 9.71 Å². The number of alkyl halides is 3. The third kappa shape index (κ3) is 4.79. The highest BCUT2D eigenvalue weighted by atomic mass is 79.9. The number of aryl methyl sites for hydroxylation is 1. The summed E-state index contributed by atoms with van der Waals surface area (Å²) in [4.78, 5) is 11.7. The molecule has 0 saturated carbocycles. The highest BCUT2D eigenvalue weighted by Crippen LogP contribution is 2.37. The fourth-order valence-electron chi connectivity index (χ4n) is 2.66. The number of H-pyrrole nitrogens is 1. The minimum Gasteiger partial charge on any atom is -0.338 e. The number of sulfonamides is 1. The summed E-state index contributed by atoms with van der Waals surface area (Å²) in [6.45, 7) is 2.05. The summed E-state index contributed by atoms with van der Waals surface area (Å²) in [7, 11) is -5.57. The van der Waals surface area contributed by atoms with E-state index in [2.05, 4.69) is 37.8 Å². The number of hydrogen-bond donors (Lipinski definition) is 2. The molecule has 0 aliphatic heterocycles. The minimum atomic E-state index is -5.57. The van der Waals surface area contributed by atoms with Crippen molar-refractivity contribution in [3.63, 3.8) is 0 Å². The molecule has 3 aromatic rings. The molecule has 0 amide bonds. The molecule has 3 rings (SSSR count). The van der Waals surface area contributed by atoms with Gasteiger partial charge in [-0.1, -0.05) is 24.9 Å². The van der Waals surface area contributed by atoms with Crippen molar-refractivity contribution >= 4 is 43.2 Å². The Morgan fingerprint density at radius 1 is 1.23 bits per heavy atom. The summed E-state index contributed by atoms with van der Waals surface area (Å²) in [6.07, 6.45) is 5.00. The number of nitrogens with one attached hydrogen (secondary N) is 2. The molecule has 2 heterocycles. The molecule has 0 aliphatic carbocycles. The summed E-state index contributed by atoms with van der Waals surface area (Å²) in [5.41, 5.74) is -3.09. The first-order chi connectivity index (χ1) is 14.0. The lowest BCUT2D eigenvalue weighted by Crippen LogP contribution is -2.30. The van der Waals surface area contributed by atoms with Gasteiger partial charge < -0.3 is 4.98 Å². The molecule has 160 valence electrons. The van der Waals surface area contributed by atoms with Gasteiger partial charge in [0.1, 0.15) is 5.82 Å². The lowest BCUT2D eigenvalue weighted by Gasteiger charge is -2.13. The average Bonchev–Trinajstić information content (AvgIpc) is 3.14. The van der Waals surface area contributed by atoms with E-state index in [1.54, 1.807) is 12.3 Å². The van der Waals surface area contributed by atoms with Gasteiger partial charge in [0.25, 0.3) is 0 Å². The molecule has 0 aliphatic rings. The molecule has 0 radical (unpaired) electrons. The van der Waals surface area contributed by atoms with Crippen LogP contribution >= 0.6 is 27.5 Å². The van der Waals surface area contributed by atoms with Crippen LogP contribution in [0.2, 0.25) is 5.02 Å². The predicted molar refractivity (Wildman–Crippen MR) is 113 cm³/mol. The molecule has 0 unspecified atom stereocenters. The topological polar surface area (TPSA) is 87.7 Å². The first-order valence-electron chi connectivity index (χ1n) is 8.60. The van der Waals surface area contributed by atoms with E-state index in [1.165, 1.54) is 17.0 Å². The zero-order valence-corrected chi connectivity index (χ0v) is 18.5. The van der Waals surface area contributed by atoms with Gasteiger partial charge in [-0.2, -0.15) is 21.6 Å². The van der Waals surface area contributed by atoms with Gasteiger partial charge >= 0.3 is 15.5 Å². The van der Waals surface area contributed by atoms with Crippen LogP contribution in [0.3, 0.4) is 0 Å². The number of imidazole rings is 1. The largest absolute Gasteiger partial charge is 0.516 e. The maximum Gasteiger partial charge on any atom is 0.516 e. The number of rotatable bonds is 6. The van der Waals surface area contributed by atoms with Crippen LogP contribution in [-0.2, 0) is 16.4 Å². The van der Waals surface area contributed by atoms with E-state index in [0.29, 0.717) is 17.1 Å². The second kappa shape index (κ2) is 8.56. The van der Waals surface area contributed by atoms with Crippen LogP contribution in [0.25, 0.3) is 22.6 Å². The summed E-state index contributed by atoms with van der Waals surface area (Å²) < 4.78 is 62.1. The van der Waals surface area contributed by atoms with Crippen molar-refractivity contribution in [2.75, 3.05) is 4.72 Å².